The summed E-state index contributed by atoms with van der Waals surface area (Å²) in [6, 6.07) is 0. The first-order valence-electron chi connectivity index (χ1n) is 23.7. The third-order valence-electron chi connectivity index (χ3n) is 11.0. The molecule has 51 heavy (non-hydrogen) atoms. The van der Waals surface area contributed by atoms with Crippen LogP contribution < -0.4 is 10.6 Å². The molecule has 0 rings (SSSR count). The lowest BCUT2D eigenvalue weighted by molar-refractivity contribution is -0.121. The van der Waals surface area contributed by atoms with Gasteiger partial charge >= 0.3 is 0 Å². The molecular formula is C47H94N2O2. The fourth-order valence-corrected chi connectivity index (χ4v) is 7.43. The first kappa shape index (κ1) is 49.9. The molecule has 0 unspecified atom stereocenters. The van der Waals surface area contributed by atoms with Crippen LogP contribution in [0.25, 0.3) is 0 Å². The van der Waals surface area contributed by atoms with Crippen LogP contribution in [-0.4, -0.2) is 24.9 Å². The molecule has 0 aliphatic heterocycles. The van der Waals surface area contributed by atoms with Gasteiger partial charge in [0.15, 0.2) is 0 Å². The van der Waals surface area contributed by atoms with E-state index in [1.165, 1.54) is 218 Å². The molecule has 0 bridgehead atoms. The summed E-state index contributed by atoms with van der Waals surface area (Å²) in [5.41, 5.74) is 0. The Balaban J connectivity index is 3.23. The fraction of sp³-hybridized carbons (Fsp3) is 0.957. The molecule has 0 saturated heterocycles. The van der Waals surface area contributed by atoms with Crippen molar-refractivity contribution in [1.82, 2.24) is 10.6 Å². The Morgan fingerprint density at radius 2 is 0.431 bits per heavy atom. The van der Waals surface area contributed by atoms with Crippen LogP contribution in [-0.2, 0) is 9.59 Å². The van der Waals surface area contributed by atoms with Gasteiger partial charge in [-0.25, -0.2) is 0 Å². The van der Waals surface area contributed by atoms with E-state index in [9.17, 15) is 9.59 Å². The van der Waals surface area contributed by atoms with E-state index in [2.05, 4.69) is 24.5 Å². The van der Waals surface area contributed by atoms with Crippen LogP contribution in [0.4, 0.5) is 0 Å². The lowest BCUT2D eigenvalue weighted by Gasteiger charge is -2.07. The van der Waals surface area contributed by atoms with E-state index < -0.39 is 0 Å². The van der Waals surface area contributed by atoms with Gasteiger partial charge in [0.05, 0.1) is 0 Å². The van der Waals surface area contributed by atoms with Gasteiger partial charge in [-0.2, -0.15) is 0 Å². The molecule has 4 nitrogen and oxygen atoms in total. The maximum absolute atomic E-state index is 12.1. The molecule has 0 aliphatic rings. The molecule has 0 heterocycles. The number of amides is 2. The van der Waals surface area contributed by atoms with Crippen LogP contribution >= 0.6 is 0 Å². The molecule has 2 amide bonds. The highest BCUT2D eigenvalue weighted by Crippen LogP contribution is 2.16. The number of rotatable bonds is 44. The third-order valence-corrected chi connectivity index (χ3v) is 11.0. The van der Waals surface area contributed by atoms with Crippen molar-refractivity contribution in [1.29, 1.82) is 0 Å². The maximum atomic E-state index is 12.1. The van der Waals surface area contributed by atoms with Gasteiger partial charge in [-0.15, -0.1) is 0 Å². The van der Waals surface area contributed by atoms with E-state index in [-0.39, 0.29) is 11.8 Å². The zero-order valence-electron chi connectivity index (χ0n) is 35.2. The molecule has 0 saturated carbocycles. The van der Waals surface area contributed by atoms with Gasteiger partial charge in [0.25, 0.3) is 0 Å². The quantitative estimate of drug-likeness (QED) is 0.0616. The van der Waals surface area contributed by atoms with Gasteiger partial charge in [-0.05, 0) is 32.1 Å². The molecule has 0 aromatic heterocycles. The highest BCUT2D eigenvalue weighted by molar-refractivity contribution is 5.76. The molecule has 0 radical (unpaired) electrons. The van der Waals surface area contributed by atoms with Crippen molar-refractivity contribution in [2.45, 2.75) is 277 Å². The Morgan fingerprint density at radius 1 is 0.255 bits per heavy atom. The van der Waals surface area contributed by atoms with E-state index in [0.717, 1.165) is 45.2 Å². The Morgan fingerprint density at radius 3 is 0.647 bits per heavy atom. The molecule has 0 atom stereocenters. The topological polar surface area (TPSA) is 58.2 Å². The summed E-state index contributed by atoms with van der Waals surface area (Å²) >= 11 is 0. The summed E-state index contributed by atoms with van der Waals surface area (Å²) < 4.78 is 0. The van der Waals surface area contributed by atoms with Crippen LogP contribution in [0.5, 0.6) is 0 Å². The summed E-state index contributed by atoms with van der Waals surface area (Å²) in [4.78, 5) is 24.3. The summed E-state index contributed by atoms with van der Waals surface area (Å²) in [5.74, 6) is 0.424. The van der Waals surface area contributed by atoms with Crippen molar-refractivity contribution in [3.8, 4) is 0 Å². The molecule has 4 heteroatoms. The Kier molecular flexibility index (Phi) is 44.2. The highest BCUT2D eigenvalue weighted by Gasteiger charge is 2.03. The third kappa shape index (κ3) is 45.0. The van der Waals surface area contributed by atoms with E-state index >= 15 is 0 Å². The van der Waals surface area contributed by atoms with Crippen LogP contribution in [0.2, 0.25) is 0 Å². The van der Waals surface area contributed by atoms with Crippen molar-refractivity contribution < 1.29 is 9.59 Å². The summed E-state index contributed by atoms with van der Waals surface area (Å²) in [6.45, 7) is 6.12. The van der Waals surface area contributed by atoms with Crippen LogP contribution in [0.1, 0.15) is 277 Å². The van der Waals surface area contributed by atoms with E-state index in [0.29, 0.717) is 12.8 Å². The Bertz CT molecular complexity index is 625. The normalized spacial score (nSPS) is 11.3. The van der Waals surface area contributed by atoms with Crippen molar-refractivity contribution in [2.75, 3.05) is 13.1 Å². The van der Waals surface area contributed by atoms with Gasteiger partial charge < -0.3 is 10.6 Å². The monoisotopic (exact) mass is 719 g/mol. The Labute approximate surface area is 321 Å². The number of unbranched alkanes of at least 4 members (excludes halogenated alkanes) is 36. The number of nitrogens with one attached hydrogen (secondary N) is 2. The van der Waals surface area contributed by atoms with Gasteiger partial charge in [-0.3, -0.25) is 9.59 Å². The van der Waals surface area contributed by atoms with Crippen LogP contribution in [0.3, 0.4) is 0 Å². The van der Waals surface area contributed by atoms with Crippen molar-refractivity contribution >= 4 is 11.8 Å². The van der Waals surface area contributed by atoms with Gasteiger partial charge in [0.2, 0.25) is 11.8 Å². The van der Waals surface area contributed by atoms with Gasteiger partial charge in [0.1, 0.15) is 0 Å². The zero-order chi connectivity index (χ0) is 37.0. The predicted octanol–water partition coefficient (Wildman–Crippen LogP) is 15.3. The molecule has 0 aromatic rings. The minimum atomic E-state index is 0.212. The second-order valence-electron chi connectivity index (χ2n) is 16.3. The van der Waals surface area contributed by atoms with E-state index in [1.807, 2.05) is 0 Å². The average molecular weight is 719 g/mol. The fourth-order valence-electron chi connectivity index (χ4n) is 7.43. The largest absolute Gasteiger partial charge is 0.356 e. The molecule has 0 aromatic carbocycles. The zero-order valence-corrected chi connectivity index (χ0v) is 35.2. The number of carbonyl (C=O) groups excluding carboxylic acids is 2. The second-order valence-corrected chi connectivity index (χ2v) is 16.3. The molecular weight excluding hydrogens is 625 g/mol. The van der Waals surface area contributed by atoms with Crippen molar-refractivity contribution in [2.24, 2.45) is 0 Å². The van der Waals surface area contributed by atoms with Gasteiger partial charge in [-0.1, -0.05) is 232 Å². The lowest BCUT2D eigenvalue weighted by Crippen LogP contribution is -2.25. The predicted molar refractivity (Wildman–Crippen MR) is 227 cm³/mol. The highest BCUT2D eigenvalue weighted by atomic mass is 16.2. The van der Waals surface area contributed by atoms with E-state index in [4.69, 9.17) is 0 Å². The van der Waals surface area contributed by atoms with Gasteiger partial charge in [0, 0.05) is 25.9 Å². The first-order chi connectivity index (χ1) is 25.2. The number of hydrogen-bond donors (Lipinski definition) is 2. The summed E-state index contributed by atoms with van der Waals surface area (Å²) in [6.07, 6.45) is 53.9. The smallest absolute Gasteiger partial charge is 0.219 e. The molecule has 0 fully saturated rings. The SMILES string of the molecule is CCCCCCCCCCCCCCCCCCCCC(=O)NCCCCCNC(=O)CCCCCCCCCCCCCCCCCCCC. The molecule has 304 valence electrons. The molecule has 0 aliphatic carbocycles. The molecule has 2 N–H and O–H groups in total. The average Bonchev–Trinajstić information content (AvgIpc) is 3.13. The summed E-state index contributed by atoms with van der Waals surface area (Å²) in [5, 5.41) is 6.18. The Hall–Kier alpha value is -1.06. The number of carbonyl (C=O) groups is 2. The first-order valence-corrected chi connectivity index (χ1v) is 23.7. The van der Waals surface area contributed by atoms with Crippen molar-refractivity contribution in [3.05, 3.63) is 0 Å². The van der Waals surface area contributed by atoms with Crippen LogP contribution in [0.15, 0.2) is 0 Å². The van der Waals surface area contributed by atoms with Crippen LogP contribution in [0, 0.1) is 0 Å². The molecule has 0 spiro atoms. The minimum absolute atomic E-state index is 0.212. The standard InChI is InChI=1S/C47H94N2O2/c1-3-5-7-9-11-13-15-17-19-21-23-25-27-29-31-33-35-38-42-46(50)48-44-40-37-41-45-49-47(51)43-39-36-34-32-30-28-26-24-22-20-18-16-14-12-10-8-6-4-2/h3-45H2,1-2H3,(H,48,50)(H,49,51). The lowest BCUT2D eigenvalue weighted by atomic mass is 10.0. The second kappa shape index (κ2) is 45.1. The minimum Gasteiger partial charge on any atom is -0.356 e. The summed E-state index contributed by atoms with van der Waals surface area (Å²) in [7, 11) is 0. The van der Waals surface area contributed by atoms with Crippen molar-refractivity contribution in [3.63, 3.8) is 0 Å². The number of hydrogen-bond acceptors (Lipinski definition) is 2. The van der Waals surface area contributed by atoms with E-state index in [1.54, 1.807) is 0 Å². The maximum Gasteiger partial charge on any atom is 0.219 e.